The van der Waals surface area contributed by atoms with Gasteiger partial charge in [-0.05, 0) is 199 Å². The van der Waals surface area contributed by atoms with Crippen molar-refractivity contribution >= 4 is 74.3 Å². The minimum Gasteiger partial charge on any atom is -0.311 e. The Morgan fingerprint density at radius 3 is 1.42 bits per heavy atom. The SMILES string of the molecule is Cc1cc(C(C)(C)C)ccc1N1c2cc3c(cc2B2c4cc(N(c5ccccc5)c5ccccc5)ccc4N(c4cc5c(cc4C)C(C)(C)CC5(C)C)c4cc(C(C)(C)C)cc1c42)C(C)(C)CCC3(C)C. The summed E-state index contributed by atoms with van der Waals surface area (Å²) in [5.74, 6) is 0. The molecule has 0 N–H and O–H groups in total. The lowest BCUT2D eigenvalue weighted by Gasteiger charge is -2.48. The average Bonchev–Trinajstić information content (AvgIpc) is 3.48. The van der Waals surface area contributed by atoms with Crippen LogP contribution in [0.15, 0.2) is 133 Å². The summed E-state index contributed by atoms with van der Waals surface area (Å²) in [6, 6.07) is 52.2. The fraction of sp³-hybridized carbons (Fsp3) is 0.373. The highest BCUT2D eigenvalue weighted by Crippen LogP contribution is 2.55. The van der Waals surface area contributed by atoms with Crippen molar-refractivity contribution in [3.8, 4) is 0 Å². The molecule has 7 aromatic rings. The van der Waals surface area contributed by atoms with Crippen LogP contribution in [-0.4, -0.2) is 6.71 Å². The van der Waals surface area contributed by atoms with Gasteiger partial charge in [-0.25, -0.2) is 0 Å². The van der Waals surface area contributed by atoms with Crippen LogP contribution in [0.2, 0.25) is 0 Å². The minimum atomic E-state index is -0.124. The van der Waals surface area contributed by atoms with E-state index in [2.05, 4.69) is 259 Å². The number of aryl methyl sites for hydroxylation is 2. The average molecular weight is 934 g/mol. The second-order valence-electron chi connectivity index (χ2n) is 26.6. The molecule has 0 spiro atoms. The fourth-order valence-corrected chi connectivity index (χ4v) is 13.5. The monoisotopic (exact) mass is 934 g/mol. The first-order valence-corrected chi connectivity index (χ1v) is 26.6. The van der Waals surface area contributed by atoms with E-state index < -0.39 is 0 Å². The Morgan fingerprint density at radius 1 is 0.408 bits per heavy atom. The molecule has 71 heavy (non-hydrogen) atoms. The van der Waals surface area contributed by atoms with Gasteiger partial charge in [0, 0.05) is 51.2 Å². The number of hydrogen-bond acceptors (Lipinski definition) is 3. The molecule has 4 heteroatoms. The minimum absolute atomic E-state index is 0.0269. The lowest BCUT2D eigenvalue weighted by Crippen LogP contribution is -2.62. The molecule has 3 nitrogen and oxygen atoms in total. The number of hydrogen-bond donors (Lipinski definition) is 0. The molecule has 2 aliphatic carbocycles. The fourth-order valence-electron chi connectivity index (χ4n) is 13.5. The van der Waals surface area contributed by atoms with Crippen molar-refractivity contribution < 1.29 is 0 Å². The largest absolute Gasteiger partial charge is 0.311 e. The first-order chi connectivity index (χ1) is 33.3. The summed E-state index contributed by atoms with van der Waals surface area (Å²) in [4.78, 5) is 7.85. The number of para-hydroxylation sites is 2. The summed E-state index contributed by atoms with van der Waals surface area (Å²) < 4.78 is 0. The summed E-state index contributed by atoms with van der Waals surface area (Å²) in [7, 11) is 0. The topological polar surface area (TPSA) is 9.72 Å². The molecule has 0 atom stereocenters. The highest BCUT2D eigenvalue weighted by atomic mass is 15.2. The second-order valence-corrected chi connectivity index (χ2v) is 26.6. The van der Waals surface area contributed by atoms with E-state index in [4.69, 9.17) is 0 Å². The van der Waals surface area contributed by atoms with Crippen molar-refractivity contribution in [2.75, 3.05) is 14.7 Å². The summed E-state index contributed by atoms with van der Waals surface area (Å²) in [5, 5.41) is 0. The van der Waals surface area contributed by atoms with Crippen LogP contribution in [0.4, 0.5) is 51.2 Å². The predicted octanol–water partition coefficient (Wildman–Crippen LogP) is 16.8. The Kier molecular flexibility index (Phi) is 10.5. The van der Waals surface area contributed by atoms with Crippen LogP contribution >= 0.6 is 0 Å². The van der Waals surface area contributed by atoms with E-state index in [0.717, 1.165) is 36.3 Å². The molecule has 0 saturated carbocycles. The van der Waals surface area contributed by atoms with Gasteiger partial charge in [0.05, 0.1) is 0 Å². The van der Waals surface area contributed by atoms with E-state index in [1.165, 1.54) is 95.0 Å². The molecule has 7 aromatic carbocycles. The van der Waals surface area contributed by atoms with Gasteiger partial charge in [-0.15, -0.1) is 0 Å². The normalized spacial score (nSPS) is 17.8. The Hall–Kier alpha value is -6.00. The van der Waals surface area contributed by atoms with Crippen LogP contribution < -0.4 is 31.1 Å². The quantitative estimate of drug-likeness (QED) is 0.159. The van der Waals surface area contributed by atoms with Gasteiger partial charge < -0.3 is 14.7 Å². The summed E-state index contributed by atoms with van der Waals surface area (Å²) in [6.07, 6.45) is 3.45. The van der Waals surface area contributed by atoms with Gasteiger partial charge in [-0.2, -0.15) is 0 Å². The van der Waals surface area contributed by atoms with Gasteiger partial charge >= 0.3 is 0 Å². The summed E-state index contributed by atoms with van der Waals surface area (Å²) in [6.45, 7) is 38.6. The van der Waals surface area contributed by atoms with Crippen molar-refractivity contribution in [1.82, 2.24) is 0 Å². The number of nitrogens with zero attached hydrogens (tertiary/aromatic N) is 3. The molecule has 0 bridgehead atoms. The van der Waals surface area contributed by atoms with Crippen LogP contribution in [0.5, 0.6) is 0 Å². The molecule has 0 saturated heterocycles. The molecule has 0 fully saturated rings. The molecular weight excluding hydrogens is 858 g/mol. The lowest BCUT2D eigenvalue weighted by molar-refractivity contribution is 0.332. The van der Waals surface area contributed by atoms with E-state index in [-0.39, 0.29) is 39.2 Å². The summed E-state index contributed by atoms with van der Waals surface area (Å²) >= 11 is 0. The molecule has 11 rings (SSSR count). The molecular formula is C67H76BN3. The number of benzene rings is 7. The zero-order valence-corrected chi connectivity index (χ0v) is 45.7. The van der Waals surface area contributed by atoms with Crippen LogP contribution in [0.3, 0.4) is 0 Å². The Morgan fingerprint density at radius 2 is 0.873 bits per heavy atom. The van der Waals surface area contributed by atoms with E-state index in [0.29, 0.717) is 0 Å². The Labute approximate surface area is 427 Å². The predicted molar refractivity (Wildman–Crippen MR) is 308 cm³/mol. The van der Waals surface area contributed by atoms with Gasteiger partial charge in [-0.1, -0.05) is 158 Å². The van der Waals surface area contributed by atoms with Crippen molar-refractivity contribution in [3.63, 3.8) is 0 Å². The third-order valence-electron chi connectivity index (χ3n) is 17.4. The van der Waals surface area contributed by atoms with Crippen LogP contribution in [-0.2, 0) is 32.5 Å². The first kappa shape index (κ1) is 47.3. The number of fused-ring (bicyclic) bond motifs is 6. The van der Waals surface area contributed by atoms with Gasteiger partial charge in [-0.3, -0.25) is 0 Å². The van der Waals surface area contributed by atoms with Gasteiger partial charge in [0.25, 0.3) is 6.71 Å². The maximum Gasteiger partial charge on any atom is 0.252 e. The van der Waals surface area contributed by atoms with Crippen molar-refractivity contribution in [2.24, 2.45) is 0 Å². The molecule has 0 aromatic heterocycles. The second kappa shape index (κ2) is 15.8. The summed E-state index contributed by atoms with van der Waals surface area (Å²) in [5.41, 5.74) is 26.6. The molecule has 4 aliphatic rings. The van der Waals surface area contributed by atoms with Crippen LogP contribution in [0, 0.1) is 13.8 Å². The molecule has 0 radical (unpaired) electrons. The maximum atomic E-state index is 2.70. The smallest absolute Gasteiger partial charge is 0.252 e. The van der Waals surface area contributed by atoms with E-state index >= 15 is 0 Å². The molecule has 0 amide bonds. The molecule has 2 aliphatic heterocycles. The zero-order valence-electron chi connectivity index (χ0n) is 45.7. The van der Waals surface area contributed by atoms with Gasteiger partial charge in [0.2, 0.25) is 0 Å². The van der Waals surface area contributed by atoms with E-state index in [9.17, 15) is 0 Å². The van der Waals surface area contributed by atoms with Crippen molar-refractivity contribution in [1.29, 1.82) is 0 Å². The maximum absolute atomic E-state index is 2.70. The standard InChI is InChI=1S/C67H76BN3/c1-42-33-44(62(3,4)5)27-29-55(42)70-58-40-51-50(64(9,10)31-32-65(51,11)12)38-54(58)68-53-37-48(69(46-23-19-17-20-24-46)47-25-21-18-22-26-47)28-30-56(53)71(60-36-45(63(6,7)8)35-59(70)61(60)68)57-39-52-49(34-43(57)2)66(13,14)41-67(52,15)16/h17-30,33-40H,31-32,41H2,1-16H3. The van der Waals surface area contributed by atoms with Gasteiger partial charge in [0.15, 0.2) is 0 Å². The number of rotatable bonds is 5. The highest BCUT2D eigenvalue weighted by molar-refractivity contribution is 7.00. The molecule has 362 valence electrons. The van der Waals surface area contributed by atoms with Crippen LogP contribution in [0.1, 0.15) is 161 Å². The Balaban J connectivity index is 1.29. The highest BCUT2D eigenvalue weighted by Gasteiger charge is 2.49. The van der Waals surface area contributed by atoms with Crippen molar-refractivity contribution in [2.45, 2.75) is 163 Å². The third-order valence-corrected chi connectivity index (χ3v) is 17.4. The first-order valence-electron chi connectivity index (χ1n) is 26.6. The number of anilines is 9. The van der Waals surface area contributed by atoms with E-state index in [1.54, 1.807) is 0 Å². The molecule has 0 unspecified atom stereocenters. The lowest BCUT2D eigenvalue weighted by atomic mass is 9.33. The Bertz CT molecular complexity index is 3250. The van der Waals surface area contributed by atoms with Gasteiger partial charge in [0.1, 0.15) is 0 Å². The van der Waals surface area contributed by atoms with Crippen LogP contribution in [0.25, 0.3) is 0 Å². The molecule has 2 heterocycles. The zero-order chi connectivity index (χ0) is 50.5. The van der Waals surface area contributed by atoms with Crippen molar-refractivity contribution in [3.05, 3.63) is 178 Å². The van der Waals surface area contributed by atoms with E-state index in [1.807, 2.05) is 0 Å². The third kappa shape index (κ3) is 7.51.